The molecule has 0 unspecified atom stereocenters. The topological polar surface area (TPSA) is 101 Å². The number of carboxylic acid groups (broad SMARTS) is 1. The van der Waals surface area contributed by atoms with E-state index in [0.717, 1.165) is 0 Å². The second-order valence-corrected chi connectivity index (χ2v) is 3.63. The molecule has 0 radical (unpaired) electrons. The van der Waals surface area contributed by atoms with E-state index < -0.39 is 5.97 Å². The average Bonchev–Trinajstić information content (AvgIpc) is 2.75. The number of nitrogens with one attached hydrogen (secondary N) is 1. The minimum absolute atomic E-state index is 0.189. The Hall–Kier alpha value is -2.44. The smallest absolute Gasteiger partial charge is 0.337 e. The van der Waals surface area contributed by atoms with Crippen molar-refractivity contribution in [2.75, 3.05) is 11.9 Å². The van der Waals surface area contributed by atoms with Gasteiger partial charge in [-0.15, -0.1) is 0 Å². The standard InChI is InChI=1S/C11H12N4O3/c1-7-14-10(15-18-7)3-5-13-9-6-12-4-2-8(9)11(16)17/h2,4,6,13H,3,5H2,1H3,(H,16,17). The van der Waals surface area contributed by atoms with E-state index >= 15 is 0 Å². The van der Waals surface area contributed by atoms with Crippen molar-refractivity contribution in [3.63, 3.8) is 0 Å². The van der Waals surface area contributed by atoms with Gasteiger partial charge < -0.3 is 14.9 Å². The summed E-state index contributed by atoms with van der Waals surface area (Å²) < 4.78 is 4.83. The third kappa shape index (κ3) is 2.82. The Morgan fingerprint density at radius 3 is 3.06 bits per heavy atom. The van der Waals surface area contributed by atoms with E-state index in [4.69, 9.17) is 9.63 Å². The van der Waals surface area contributed by atoms with Gasteiger partial charge in [0, 0.05) is 26.1 Å². The number of hydrogen-bond donors (Lipinski definition) is 2. The first-order valence-corrected chi connectivity index (χ1v) is 5.37. The second kappa shape index (κ2) is 5.26. The normalized spacial score (nSPS) is 10.3. The number of rotatable bonds is 5. The summed E-state index contributed by atoms with van der Waals surface area (Å²) in [5.74, 6) is 0.105. The van der Waals surface area contributed by atoms with Gasteiger partial charge in [-0.05, 0) is 6.07 Å². The van der Waals surface area contributed by atoms with Gasteiger partial charge in [0.25, 0.3) is 0 Å². The third-order valence-electron chi connectivity index (χ3n) is 2.29. The van der Waals surface area contributed by atoms with E-state index in [0.29, 0.717) is 30.4 Å². The fourth-order valence-electron chi connectivity index (χ4n) is 1.47. The van der Waals surface area contributed by atoms with Gasteiger partial charge in [0.2, 0.25) is 5.89 Å². The molecule has 0 aromatic carbocycles. The Morgan fingerprint density at radius 1 is 1.56 bits per heavy atom. The molecule has 0 saturated carbocycles. The van der Waals surface area contributed by atoms with Crippen molar-refractivity contribution in [1.82, 2.24) is 15.1 Å². The molecule has 18 heavy (non-hydrogen) atoms. The maximum absolute atomic E-state index is 11.0. The highest BCUT2D eigenvalue weighted by Gasteiger charge is 2.09. The second-order valence-electron chi connectivity index (χ2n) is 3.63. The highest BCUT2D eigenvalue weighted by atomic mass is 16.5. The van der Waals surface area contributed by atoms with Crippen LogP contribution in [0.1, 0.15) is 22.1 Å². The molecule has 0 saturated heterocycles. The van der Waals surface area contributed by atoms with Crippen molar-refractivity contribution in [3.8, 4) is 0 Å². The summed E-state index contributed by atoms with van der Waals surface area (Å²) in [7, 11) is 0. The Kier molecular flexibility index (Phi) is 3.52. The zero-order valence-corrected chi connectivity index (χ0v) is 9.75. The van der Waals surface area contributed by atoms with Crippen LogP contribution in [0.15, 0.2) is 23.0 Å². The van der Waals surface area contributed by atoms with Crippen LogP contribution in [0.5, 0.6) is 0 Å². The van der Waals surface area contributed by atoms with Crippen molar-refractivity contribution in [2.24, 2.45) is 0 Å². The molecule has 7 heteroatoms. The van der Waals surface area contributed by atoms with Crippen molar-refractivity contribution in [1.29, 1.82) is 0 Å². The van der Waals surface area contributed by atoms with E-state index in [-0.39, 0.29) is 5.56 Å². The summed E-state index contributed by atoms with van der Waals surface area (Å²) in [6.07, 6.45) is 3.47. The first kappa shape index (κ1) is 12.0. The molecular formula is C11H12N4O3. The van der Waals surface area contributed by atoms with Gasteiger partial charge in [-0.3, -0.25) is 4.98 Å². The molecule has 2 N–H and O–H groups in total. The summed E-state index contributed by atoms with van der Waals surface area (Å²) in [4.78, 5) is 18.9. The lowest BCUT2D eigenvalue weighted by Crippen LogP contribution is -2.10. The van der Waals surface area contributed by atoms with Gasteiger partial charge in [0.15, 0.2) is 5.82 Å². The highest BCUT2D eigenvalue weighted by molar-refractivity contribution is 5.93. The molecular weight excluding hydrogens is 236 g/mol. The largest absolute Gasteiger partial charge is 0.478 e. The molecule has 2 aromatic heterocycles. The van der Waals surface area contributed by atoms with Gasteiger partial charge >= 0.3 is 5.97 Å². The quantitative estimate of drug-likeness (QED) is 0.817. The number of aromatic carboxylic acids is 1. The molecule has 7 nitrogen and oxygen atoms in total. The average molecular weight is 248 g/mol. The van der Waals surface area contributed by atoms with Crippen molar-refractivity contribution >= 4 is 11.7 Å². The lowest BCUT2D eigenvalue weighted by atomic mass is 10.2. The number of aryl methyl sites for hydroxylation is 1. The minimum Gasteiger partial charge on any atom is -0.478 e. The number of aromatic nitrogens is 3. The first-order chi connectivity index (χ1) is 8.66. The highest BCUT2D eigenvalue weighted by Crippen LogP contribution is 2.12. The molecule has 2 rings (SSSR count). The first-order valence-electron chi connectivity index (χ1n) is 5.37. The molecule has 2 heterocycles. The number of pyridine rings is 1. The zero-order chi connectivity index (χ0) is 13.0. The number of carboxylic acids is 1. The molecule has 0 atom stereocenters. The minimum atomic E-state index is -0.990. The van der Waals surface area contributed by atoms with Crippen LogP contribution in [0, 0.1) is 6.92 Å². The van der Waals surface area contributed by atoms with Crippen molar-refractivity contribution in [2.45, 2.75) is 13.3 Å². The SMILES string of the molecule is Cc1nc(CCNc2cnccc2C(=O)O)no1. The Labute approximate surface area is 103 Å². The van der Waals surface area contributed by atoms with Crippen molar-refractivity contribution < 1.29 is 14.4 Å². The molecule has 0 amide bonds. The van der Waals surface area contributed by atoms with Crippen LogP contribution >= 0.6 is 0 Å². The molecule has 94 valence electrons. The van der Waals surface area contributed by atoms with Crippen LogP contribution in [0.2, 0.25) is 0 Å². The van der Waals surface area contributed by atoms with E-state index in [1.807, 2.05) is 0 Å². The molecule has 0 aliphatic rings. The molecule has 2 aromatic rings. The summed E-state index contributed by atoms with van der Waals surface area (Å²) >= 11 is 0. The summed E-state index contributed by atoms with van der Waals surface area (Å²) in [6.45, 7) is 2.22. The zero-order valence-electron chi connectivity index (χ0n) is 9.75. The molecule has 0 fully saturated rings. The van der Waals surface area contributed by atoms with Gasteiger partial charge in [-0.2, -0.15) is 4.98 Å². The fraction of sp³-hybridized carbons (Fsp3) is 0.273. The van der Waals surface area contributed by atoms with Gasteiger partial charge in [-0.1, -0.05) is 5.16 Å². The monoisotopic (exact) mass is 248 g/mol. The van der Waals surface area contributed by atoms with Gasteiger partial charge in [0.05, 0.1) is 17.4 Å². The van der Waals surface area contributed by atoms with Crippen LogP contribution in [0.4, 0.5) is 5.69 Å². The Balaban J connectivity index is 1.96. The van der Waals surface area contributed by atoms with E-state index in [2.05, 4.69) is 20.4 Å². The Bertz CT molecular complexity index is 553. The number of anilines is 1. The van der Waals surface area contributed by atoms with Crippen molar-refractivity contribution in [3.05, 3.63) is 35.7 Å². The van der Waals surface area contributed by atoms with Crippen LogP contribution in [0.25, 0.3) is 0 Å². The predicted molar refractivity (Wildman–Crippen MR) is 62.4 cm³/mol. The number of hydrogen-bond acceptors (Lipinski definition) is 6. The lowest BCUT2D eigenvalue weighted by molar-refractivity contribution is 0.0698. The third-order valence-corrected chi connectivity index (χ3v) is 2.29. The van der Waals surface area contributed by atoms with Crippen LogP contribution in [-0.4, -0.2) is 32.7 Å². The molecule has 0 aliphatic carbocycles. The number of carbonyl (C=O) groups is 1. The van der Waals surface area contributed by atoms with Gasteiger partial charge in [-0.25, -0.2) is 4.79 Å². The maximum atomic E-state index is 11.0. The lowest BCUT2D eigenvalue weighted by Gasteiger charge is -2.07. The maximum Gasteiger partial charge on any atom is 0.337 e. The summed E-state index contributed by atoms with van der Waals surface area (Å²) in [5.41, 5.74) is 0.666. The van der Waals surface area contributed by atoms with E-state index in [9.17, 15) is 4.79 Å². The van der Waals surface area contributed by atoms with Crippen LogP contribution < -0.4 is 5.32 Å². The molecule has 0 spiro atoms. The predicted octanol–water partition coefficient (Wildman–Crippen LogP) is 1.13. The summed E-state index contributed by atoms with van der Waals surface area (Å²) in [5, 5.41) is 15.7. The van der Waals surface area contributed by atoms with E-state index in [1.54, 1.807) is 6.92 Å². The van der Waals surface area contributed by atoms with Gasteiger partial charge in [0.1, 0.15) is 0 Å². The molecule has 0 aliphatic heterocycles. The fourth-order valence-corrected chi connectivity index (χ4v) is 1.47. The molecule has 0 bridgehead atoms. The number of nitrogens with zero attached hydrogens (tertiary/aromatic N) is 3. The summed E-state index contributed by atoms with van der Waals surface area (Å²) in [6, 6.07) is 1.45. The Morgan fingerprint density at radius 2 is 2.39 bits per heavy atom. The van der Waals surface area contributed by atoms with Crippen LogP contribution in [0.3, 0.4) is 0 Å². The van der Waals surface area contributed by atoms with Crippen LogP contribution in [-0.2, 0) is 6.42 Å². The van der Waals surface area contributed by atoms with E-state index in [1.165, 1.54) is 18.5 Å².